The first kappa shape index (κ1) is 11.3. The Labute approximate surface area is 86.0 Å². The van der Waals surface area contributed by atoms with Crippen molar-refractivity contribution in [3.8, 4) is 0 Å². The summed E-state index contributed by atoms with van der Waals surface area (Å²) in [7, 11) is 0. The third-order valence-electron chi connectivity index (χ3n) is 3.09. The molecule has 0 aromatic carbocycles. The van der Waals surface area contributed by atoms with E-state index in [-0.39, 0.29) is 23.4 Å². The van der Waals surface area contributed by atoms with Gasteiger partial charge in [-0.3, -0.25) is 4.79 Å². The van der Waals surface area contributed by atoms with Crippen LogP contribution in [0.2, 0.25) is 0 Å². The van der Waals surface area contributed by atoms with Crippen LogP contribution in [0.15, 0.2) is 11.8 Å². The van der Waals surface area contributed by atoms with E-state index in [9.17, 15) is 9.90 Å². The summed E-state index contributed by atoms with van der Waals surface area (Å²) in [4.78, 5) is 11.4. The molecule has 0 bridgehead atoms. The van der Waals surface area contributed by atoms with Crippen molar-refractivity contribution in [3.05, 3.63) is 11.8 Å². The SMILES string of the molecule is CCCCCCC1C(=O)C=C(O)C1C. The highest BCUT2D eigenvalue weighted by atomic mass is 16.3. The van der Waals surface area contributed by atoms with Crippen LogP contribution in [0.1, 0.15) is 46.0 Å². The molecule has 0 aromatic heterocycles. The lowest BCUT2D eigenvalue weighted by molar-refractivity contribution is -0.118. The van der Waals surface area contributed by atoms with Crippen molar-refractivity contribution in [2.24, 2.45) is 11.8 Å². The zero-order valence-electron chi connectivity index (χ0n) is 9.12. The Morgan fingerprint density at radius 3 is 2.57 bits per heavy atom. The fraction of sp³-hybridized carbons (Fsp3) is 0.750. The van der Waals surface area contributed by atoms with Crippen LogP contribution in [-0.4, -0.2) is 10.9 Å². The van der Waals surface area contributed by atoms with Gasteiger partial charge in [-0.25, -0.2) is 0 Å². The minimum atomic E-state index is 0.0455. The first-order valence-corrected chi connectivity index (χ1v) is 5.61. The Kier molecular flexibility index (Phi) is 4.18. The van der Waals surface area contributed by atoms with Gasteiger partial charge < -0.3 is 5.11 Å². The number of allylic oxidation sites excluding steroid dienone is 2. The number of aliphatic hydroxyl groups excluding tert-OH is 1. The Morgan fingerprint density at radius 1 is 1.36 bits per heavy atom. The molecule has 1 aliphatic carbocycles. The van der Waals surface area contributed by atoms with Gasteiger partial charge in [0.25, 0.3) is 0 Å². The number of unbranched alkanes of at least 4 members (excludes halogenated alkanes) is 3. The van der Waals surface area contributed by atoms with Gasteiger partial charge in [0.1, 0.15) is 0 Å². The van der Waals surface area contributed by atoms with Crippen LogP contribution in [-0.2, 0) is 4.79 Å². The van der Waals surface area contributed by atoms with Gasteiger partial charge in [0.2, 0.25) is 0 Å². The van der Waals surface area contributed by atoms with Crippen molar-refractivity contribution in [1.82, 2.24) is 0 Å². The fourth-order valence-corrected chi connectivity index (χ4v) is 2.02. The van der Waals surface area contributed by atoms with Crippen LogP contribution in [0.5, 0.6) is 0 Å². The van der Waals surface area contributed by atoms with E-state index in [1.54, 1.807) is 0 Å². The molecule has 1 rings (SSSR count). The first-order valence-electron chi connectivity index (χ1n) is 5.61. The van der Waals surface area contributed by atoms with Crippen molar-refractivity contribution in [3.63, 3.8) is 0 Å². The van der Waals surface area contributed by atoms with Gasteiger partial charge in [-0.2, -0.15) is 0 Å². The van der Waals surface area contributed by atoms with Crippen molar-refractivity contribution >= 4 is 5.78 Å². The second-order valence-electron chi connectivity index (χ2n) is 4.22. The van der Waals surface area contributed by atoms with E-state index >= 15 is 0 Å². The highest BCUT2D eigenvalue weighted by Gasteiger charge is 2.32. The highest BCUT2D eigenvalue weighted by molar-refractivity contribution is 5.95. The van der Waals surface area contributed by atoms with Gasteiger partial charge >= 0.3 is 0 Å². The molecule has 0 radical (unpaired) electrons. The molecule has 0 saturated carbocycles. The summed E-state index contributed by atoms with van der Waals surface area (Å²) in [5, 5.41) is 9.38. The molecule has 80 valence electrons. The van der Waals surface area contributed by atoms with E-state index in [4.69, 9.17) is 0 Å². The van der Waals surface area contributed by atoms with E-state index in [0.29, 0.717) is 0 Å². The molecule has 2 unspecified atom stereocenters. The van der Waals surface area contributed by atoms with Crippen molar-refractivity contribution in [2.75, 3.05) is 0 Å². The minimum Gasteiger partial charge on any atom is -0.512 e. The maximum absolute atomic E-state index is 11.4. The van der Waals surface area contributed by atoms with Crippen molar-refractivity contribution in [2.45, 2.75) is 46.0 Å². The lowest BCUT2D eigenvalue weighted by Crippen LogP contribution is -2.14. The standard InChI is InChI=1S/C12H20O2/c1-3-4-5-6-7-10-9(2)11(13)8-12(10)14/h8-10,13H,3-7H2,1-2H3. The summed E-state index contributed by atoms with van der Waals surface area (Å²) in [6.07, 6.45) is 7.10. The van der Waals surface area contributed by atoms with Gasteiger partial charge in [-0.15, -0.1) is 0 Å². The number of hydrogen-bond donors (Lipinski definition) is 1. The lowest BCUT2D eigenvalue weighted by atomic mass is 9.90. The van der Waals surface area contributed by atoms with Crippen LogP contribution in [0.3, 0.4) is 0 Å². The number of carbonyl (C=O) groups is 1. The van der Waals surface area contributed by atoms with E-state index in [1.807, 2.05) is 6.92 Å². The van der Waals surface area contributed by atoms with E-state index in [2.05, 4.69) is 6.92 Å². The molecule has 0 aromatic rings. The Morgan fingerprint density at radius 2 is 2.07 bits per heavy atom. The predicted octanol–water partition coefficient (Wildman–Crippen LogP) is 3.23. The summed E-state index contributed by atoms with van der Waals surface area (Å²) in [5.74, 6) is 0.484. The maximum Gasteiger partial charge on any atom is 0.162 e. The predicted molar refractivity (Wildman–Crippen MR) is 57.1 cm³/mol. The molecule has 1 aliphatic rings. The first-order chi connectivity index (χ1) is 6.66. The molecular formula is C12H20O2. The smallest absolute Gasteiger partial charge is 0.162 e. The number of hydrogen-bond acceptors (Lipinski definition) is 2. The molecular weight excluding hydrogens is 176 g/mol. The molecule has 1 N–H and O–H groups in total. The van der Waals surface area contributed by atoms with Gasteiger partial charge in [0.15, 0.2) is 5.78 Å². The largest absolute Gasteiger partial charge is 0.512 e. The molecule has 0 saturated heterocycles. The lowest BCUT2D eigenvalue weighted by Gasteiger charge is -2.14. The fourth-order valence-electron chi connectivity index (χ4n) is 2.02. The van der Waals surface area contributed by atoms with E-state index in [0.717, 1.165) is 12.8 Å². The highest BCUT2D eigenvalue weighted by Crippen LogP contribution is 2.31. The molecule has 14 heavy (non-hydrogen) atoms. The van der Waals surface area contributed by atoms with Crippen molar-refractivity contribution in [1.29, 1.82) is 0 Å². The molecule has 0 heterocycles. The number of rotatable bonds is 5. The zero-order chi connectivity index (χ0) is 10.6. The molecule has 0 amide bonds. The number of carbonyl (C=O) groups excluding carboxylic acids is 1. The average molecular weight is 196 g/mol. The second kappa shape index (κ2) is 5.18. The third-order valence-corrected chi connectivity index (χ3v) is 3.09. The summed E-state index contributed by atoms with van der Waals surface area (Å²) < 4.78 is 0. The van der Waals surface area contributed by atoms with Crippen molar-refractivity contribution < 1.29 is 9.90 Å². The van der Waals surface area contributed by atoms with Crippen LogP contribution < -0.4 is 0 Å². The van der Waals surface area contributed by atoms with Gasteiger partial charge in [-0.1, -0.05) is 39.5 Å². The third kappa shape index (κ3) is 2.60. The molecule has 2 heteroatoms. The molecule has 0 aliphatic heterocycles. The maximum atomic E-state index is 11.4. The topological polar surface area (TPSA) is 37.3 Å². The molecule has 2 nitrogen and oxygen atoms in total. The average Bonchev–Trinajstić information content (AvgIpc) is 2.38. The molecule has 0 fully saturated rings. The Hall–Kier alpha value is -0.790. The van der Waals surface area contributed by atoms with Gasteiger partial charge in [0, 0.05) is 17.9 Å². The summed E-state index contributed by atoms with van der Waals surface area (Å²) in [6.45, 7) is 4.11. The van der Waals surface area contributed by atoms with Gasteiger partial charge in [-0.05, 0) is 6.42 Å². The van der Waals surface area contributed by atoms with Crippen LogP contribution in [0, 0.1) is 11.8 Å². The minimum absolute atomic E-state index is 0.0455. The second-order valence-corrected chi connectivity index (χ2v) is 4.22. The van der Waals surface area contributed by atoms with Gasteiger partial charge in [0.05, 0.1) is 5.76 Å². The number of ketones is 1. The summed E-state index contributed by atoms with van der Waals surface area (Å²) in [6, 6.07) is 0. The monoisotopic (exact) mass is 196 g/mol. The van der Waals surface area contributed by atoms with Crippen LogP contribution in [0.25, 0.3) is 0 Å². The Balaban J connectivity index is 2.29. The quantitative estimate of drug-likeness (QED) is 0.685. The number of aliphatic hydroxyl groups is 1. The normalized spacial score (nSPS) is 26.7. The van der Waals surface area contributed by atoms with E-state index in [1.165, 1.54) is 25.3 Å². The van der Waals surface area contributed by atoms with Crippen LogP contribution >= 0.6 is 0 Å². The van der Waals surface area contributed by atoms with E-state index < -0.39 is 0 Å². The summed E-state index contributed by atoms with van der Waals surface area (Å²) in [5.41, 5.74) is 0. The Bertz CT molecular complexity index is 230. The summed E-state index contributed by atoms with van der Waals surface area (Å²) >= 11 is 0. The zero-order valence-corrected chi connectivity index (χ0v) is 9.12. The molecule has 0 spiro atoms. The molecule has 2 atom stereocenters. The van der Waals surface area contributed by atoms with Crippen LogP contribution in [0.4, 0.5) is 0 Å².